The second kappa shape index (κ2) is 6.34. The van der Waals surface area contributed by atoms with Crippen molar-refractivity contribution >= 4 is 27.4 Å². The van der Waals surface area contributed by atoms with Crippen molar-refractivity contribution in [2.75, 3.05) is 44.2 Å². The first-order chi connectivity index (χ1) is 11.3. The van der Waals surface area contributed by atoms with Crippen LogP contribution in [-0.4, -0.2) is 54.4 Å². The van der Waals surface area contributed by atoms with E-state index < -0.39 is 0 Å². The Morgan fingerprint density at radius 2 is 2.17 bits per heavy atom. The number of aromatic nitrogens is 2. The van der Waals surface area contributed by atoms with Gasteiger partial charge in [0.2, 0.25) is 0 Å². The Morgan fingerprint density at radius 3 is 2.96 bits per heavy atom. The molecule has 1 saturated heterocycles. The van der Waals surface area contributed by atoms with Crippen molar-refractivity contribution in [1.82, 2.24) is 9.97 Å². The largest absolute Gasteiger partial charge is 0.391 e. The molecule has 1 aliphatic carbocycles. The predicted octanol–water partition coefficient (Wildman–Crippen LogP) is 0.513. The summed E-state index contributed by atoms with van der Waals surface area (Å²) >= 11 is 1.87. The fourth-order valence-corrected chi connectivity index (χ4v) is 5.29. The zero-order valence-electron chi connectivity index (χ0n) is 13.7. The molecular weight excluding hydrogens is 308 g/mol. The predicted molar refractivity (Wildman–Crippen MR) is 93.5 cm³/mol. The molecule has 0 radical (unpaired) electrons. The summed E-state index contributed by atoms with van der Waals surface area (Å²) in [6.07, 6.45) is 5.38. The quantitative estimate of drug-likeness (QED) is 0.860. The van der Waals surface area contributed by atoms with Crippen LogP contribution in [0, 0.1) is 5.92 Å². The van der Waals surface area contributed by atoms with Gasteiger partial charge in [-0.3, -0.25) is 0 Å². The molecule has 5 nitrogen and oxygen atoms in total. The highest BCUT2D eigenvalue weighted by molar-refractivity contribution is 7.19. The third-order valence-corrected chi connectivity index (χ3v) is 6.47. The summed E-state index contributed by atoms with van der Waals surface area (Å²) < 4.78 is 0. The lowest BCUT2D eigenvalue weighted by Crippen LogP contribution is -3.15. The van der Waals surface area contributed by atoms with E-state index in [1.807, 2.05) is 11.3 Å². The van der Waals surface area contributed by atoms with Gasteiger partial charge in [-0.2, -0.15) is 0 Å². The minimum atomic E-state index is 0.281. The fourth-order valence-electron chi connectivity index (χ4n) is 3.94. The first kappa shape index (κ1) is 15.3. The van der Waals surface area contributed by atoms with Crippen LogP contribution >= 0.6 is 11.3 Å². The number of fused-ring (bicyclic) bond motifs is 3. The standard InChI is InChI=1S/C17H24N4OS/c1-12-2-3-13-14(10-12)23-17-15(13)16(18-11-19-17)21-6-4-20(5-7-21)8-9-22/h11-12,22H,2-10H2,1H3/p+1/t12-/m1/s1. The maximum absolute atomic E-state index is 9.12. The minimum absolute atomic E-state index is 0.281. The van der Waals surface area contributed by atoms with Crippen LogP contribution in [0.1, 0.15) is 23.8 Å². The number of aliphatic hydroxyl groups excluding tert-OH is 1. The lowest BCUT2D eigenvalue weighted by molar-refractivity contribution is -0.900. The summed E-state index contributed by atoms with van der Waals surface area (Å²) in [6, 6.07) is 0. The Hall–Kier alpha value is -1.24. The summed E-state index contributed by atoms with van der Waals surface area (Å²) in [6.45, 7) is 7.68. The molecule has 4 rings (SSSR count). The highest BCUT2D eigenvalue weighted by Gasteiger charge is 2.27. The van der Waals surface area contributed by atoms with E-state index in [0.29, 0.717) is 0 Å². The number of anilines is 1. The third kappa shape index (κ3) is 2.84. The molecule has 2 aromatic heterocycles. The Labute approximate surface area is 141 Å². The summed E-state index contributed by atoms with van der Waals surface area (Å²) in [4.78, 5) is 15.8. The van der Waals surface area contributed by atoms with E-state index in [4.69, 9.17) is 5.11 Å². The number of nitrogens with zero attached hydrogens (tertiary/aromatic N) is 3. The van der Waals surface area contributed by atoms with Gasteiger partial charge < -0.3 is 14.9 Å². The van der Waals surface area contributed by atoms with Crippen molar-refractivity contribution in [3.05, 3.63) is 16.8 Å². The zero-order valence-corrected chi connectivity index (χ0v) is 14.5. The second-order valence-electron chi connectivity index (χ2n) is 6.94. The van der Waals surface area contributed by atoms with Crippen molar-refractivity contribution in [3.8, 4) is 0 Å². The number of piperazine rings is 1. The van der Waals surface area contributed by atoms with Gasteiger partial charge in [-0.1, -0.05) is 6.92 Å². The molecule has 1 aliphatic heterocycles. The SMILES string of the molecule is C[C@@H]1CCc2c(sc3ncnc(N4CC[NH+](CCO)CC4)c23)C1. The number of quaternary nitrogens is 1. The van der Waals surface area contributed by atoms with E-state index in [-0.39, 0.29) is 6.61 Å². The fraction of sp³-hybridized carbons (Fsp3) is 0.647. The van der Waals surface area contributed by atoms with Crippen LogP contribution in [0.3, 0.4) is 0 Å². The summed E-state index contributed by atoms with van der Waals surface area (Å²) in [5, 5.41) is 10.4. The second-order valence-corrected chi connectivity index (χ2v) is 8.02. The molecule has 23 heavy (non-hydrogen) atoms. The molecule has 0 saturated carbocycles. The maximum Gasteiger partial charge on any atom is 0.141 e. The lowest BCUT2D eigenvalue weighted by Gasteiger charge is -2.33. The Balaban J connectivity index is 1.66. The number of nitrogens with one attached hydrogen (secondary N) is 1. The average Bonchev–Trinajstić information content (AvgIpc) is 2.93. The molecule has 6 heteroatoms. The Morgan fingerprint density at radius 1 is 1.35 bits per heavy atom. The molecule has 0 aromatic carbocycles. The van der Waals surface area contributed by atoms with E-state index in [0.717, 1.165) is 44.5 Å². The van der Waals surface area contributed by atoms with Gasteiger partial charge in [-0.15, -0.1) is 11.3 Å². The summed E-state index contributed by atoms with van der Waals surface area (Å²) in [7, 11) is 0. The van der Waals surface area contributed by atoms with Crippen LogP contribution in [0.25, 0.3) is 10.2 Å². The minimum Gasteiger partial charge on any atom is -0.391 e. The first-order valence-electron chi connectivity index (χ1n) is 8.71. The molecule has 1 atom stereocenters. The normalized spacial score (nSPS) is 22.5. The molecular formula is C17H25N4OS+. The van der Waals surface area contributed by atoms with Crippen molar-refractivity contribution in [2.24, 2.45) is 5.92 Å². The van der Waals surface area contributed by atoms with Crippen LogP contribution in [0.4, 0.5) is 5.82 Å². The molecule has 1 fully saturated rings. The van der Waals surface area contributed by atoms with Gasteiger partial charge >= 0.3 is 0 Å². The molecule has 0 bridgehead atoms. The van der Waals surface area contributed by atoms with Gasteiger partial charge in [-0.25, -0.2) is 9.97 Å². The summed E-state index contributed by atoms with van der Waals surface area (Å²) in [5.41, 5.74) is 1.52. The van der Waals surface area contributed by atoms with Crippen LogP contribution in [0.5, 0.6) is 0 Å². The van der Waals surface area contributed by atoms with Crippen molar-refractivity contribution in [2.45, 2.75) is 26.2 Å². The van der Waals surface area contributed by atoms with E-state index in [1.165, 1.54) is 44.8 Å². The molecule has 2 aliphatic rings. The van der Waals surface area contributed by atoms with Crippen LogP contribution < -0.4 is 9.80 Å². The zero-order chi connectivity index (χ0) is 15.8. The molecule has 0 unspecified atom stereocenters. The number of thiophene rings is 1. The number of hydrogen-bond acceptors (Lipinski definition) is 5. The van der Waals surface area contributed by atoms with Gasteiger partial charge in [-0.05, 0) is 30.7 Å². The Kier molecular flexibility index (Phi) is 4.22. The van der Waals surface area contributed by atoms with Crippen molar-refractivity contribution in [1.29, 1.82) is 0 Å². The molecule has 2 N–H and O–H groups in total. The average molecular weight is 333 g/mol. The van der Waals surface area contributed by atoms with Gasteiger partial charge in [0.1, 0.15) is 23.5 Å². The highest BCUT2D eigenvalue weighted by atomic mass is 32.1. The van der Waals surface area contributed by atoms with Crippen LogP contribution in [0.2, 0.25) is 0 Å². The van der Waals surface area contributed by atoms with Crippen molar-refractivity contribution in [3.63, 3.8) is 0 Å². The molecule has 0 amide bonds. The number of hydrogen-bond donors (Lipinski definition) is 2. The monoisotopic (exact) mass is 333 g/mol. The van der Waals surface area contributed by atoms with Crippen LogP contribution in [0.15, 0.2) is 6.33 Å². The number of aliphatic hydroxyl groups is 1. The van der Waals surface area contributed by atoms with E-state index in [9.17, 15) is 0 Å². The third-order valence-electron chi connectivity index (χ3n) is 5.31. The summed E-state index contributed by atoms with van der Waals surface area (Å²) in [5.74, 6) is 1.93. The number of aryl methyl sites for hydroxylation is 1. The smallest absolute Gasteiger partial charge is 0.141 e. The molecule has 2 aromatic rings. The molecule has 0 spiro atoms. The Bertz CT molecular complexity index is 693. The van der Waals surface area contributed by atoms with Crippen molar-refractivity contribution < 1.29 is 10.0 Å². The van der Waals surface area contributed by atoms with Gasteiger partial charge in [0.05, 0.1) is 38.2 Å². The van der Waals surface area contributed by atoms with E-state index in [2.05, 4.69) is 21.8 Å². The van der Waals surface area contributed by atoms with E-state index >= 15 is 0 Å². The molecule has 124 valence electrons. The van der Waals surface area contributed by atoms with Gasteiger partial charge in [0.15, 0.2) is 0 Å². The van der Waals surface area contributed by atoms with Gasteiger partial charge in [0, 0.05) is 4.88 Å². The molecule has 3 heterocycles. The van der Waals surface area contributed by atoms with Gasteiger partial charge in [0.25, 0.3) is 0 Å². The first-order valence-corrected chi connectivity index (χ1v) is 9.52. The number of rotatable bonds is 3. The highest BCUT2D eigenvalue weighted by Crippen LogP contribution is 2.40. The topological polar surface area (TPSA) is 53.7 Å². The van der Waals surface area contributed by atoms with E-state index in [1.54, 1.807) is 6.33 Å². The lowest BCUT2D eigenvalue weighted by atomic mass is 9.89. The maximum atomic E-state index is 9.12. The van der Waals surface area contributed by atoms with Crippen LogP contribution in [-0.2, 0) is 12.8 Å².